The molecular weight excluding hydrogens is 378 g/mol. The Morgan fingerprint density at radius 2 is 2.28 bits per heavy atom. The number of piperidine rings is 1. The van der Waals surface area contributed by atoms with Gasteiger partial charge in [0.2, 0.25) is 0 Å². The molecule has 3 heterocycles. The Labute approximate surface area is 167 Å². The van der Waals surface area contributed by atoms with E-state index in [1.54, 1.807) is 24.0 Å². The molecule has 1 atom stereocenters. The third-order valence-corrected chi connectivity index (χ3v) is 5.39. The number of hydrogen-bond donors (Lipinski definition) is 1. The van der Waals surface area contributed by atoms with Crippen LogP contribution in [0.3, 0.4) is 0 Å². The van der Waals surface area contributed by atoms with E-state index in [1.165, 1.54) is 6.07 Å². The van der Waals surface area contributed by atoms with Crippen molar-refractivity contribution in [3.05, 3.63) is 50.8 Å². The second-order valence-corrected chi connectivity index (χ2v) is 7.50. The van der Waals surface area contributed by atoms with E-state index >= 15 is 0 Å². The van der Waals surface area contributed by atoms with E-state index in [9.17, 15) is 14.9 Å². The number of nitrogens with two attached hydrogens (primary N) is 1. The van der Waals surface area contributed by atoms with Crippen LogP contribution < -0.4 is 10.5 Å². The molecule has 1 amide bonds. The SMILES string of the molecule is Cn1cc(C(N)=O)c(C2CCCN(Cc3cc([N+](=O)[O-])cc4c3OCOC4)C2)n1. The minimum Gasteiger partial charge on any atom is -0.467 e. The van der Waals surface area contributed by atoms with Gasteiger partial charge in [0, 0.05) is 55.5 Å². The first-order valence-electron chi connectivity index (χ1n) is 9.49. The van der Waals surface area contributed by atoms with Crippen LogP contribution in [0.2, 0.25) is 0 Å². The molecule has 0 spiro atoms. The second-order valence-electron chi connectivity index (χ2n) is 7.50. The number of likely N-dealkylation sites (tertiary alicyclic amines) is 1. The fourth-order valence-electron chi connectivity index (χ4n) is 4.16. The van der Waals surface area contributed by atoms with E-state index in [4.69, 9.17) is 15.2 Å². The highest BCUT2D eigenvalue weighted by Crippen LogP contribution is 2.35. The van der Waals surface area contributed by atoms with Gasteiger partial charge in [0.05, 0.1) is 22.8 Å². The number of nitro groups is 1. The maximum Gasteiger partial charge on any atom is 0.270 e. The van der Waals surface area contributed by atoms with Crippen LogP contribution in [0.25, 0.3) is 0 Å². The molecule has 1 unspecified atom stereocenters. The van der Waals surface area contributed by atoms with Crippen molar-refractivity contribution in [3.8, 4) is 5.75 Å². The number of non-ortho nitro benzene ring substituents is 1. The van der Waals surface area contributed by atoms with Gasteiger partial charge in [-0.2, -0.15) is 5.10 Å². The number of hydrogen-bond acceptors (Lipinski definition) is 7. The molecule has 0 bridgehead atoms. The van der Waals surface area contributed by atoms with Crippen LogP contribution in [0.5, 0.6) is 5.75 Å². The molecule has 1 aromatic heterocycles. The minimum absolute atomic E-state index is 0.0298. The summed E-state index contributed by atoms with van der Waals surface area (Å²) < 4.78 is 12.5. The highest BCUT2D eigenvalue weighted by atomic mass is 16.7. The van der Waals surface area contributed by atoms with Crippen molar-refractivity contribution >= 4 is 11.6 Å². The summed E-state index contributed by atoms with van der Waals surface area (Å²) in [7, 11) is 1.77. The van der Waals surface area contributed by atoms with Crippen molar-refractivity contribution < 1.29 is 19.2 Å². The summed E-state index contributed by atoms with van der Waals surface area (Å²) in [6.45, 7) is 2.48. The Hall–Kier alpha value is -2.98. The molecule has 0 saturated carbocycles. The van der Waals surface area contributed by atoms with Gasteiger partial charge in [0.1, 0.15) is 5.75 Å². The molecule has 0 aliphatic carbocycles. The van der Waals surface area contributed by atoms with Crippen molar-refractivity contribution in [1.82, 2.24) is 14.7 Å². The van der Waals surface area contributed by atoms with Crippen LogP contribution >= 0.6 is 0 Å². The number of carbonyl (C=O) groups is 1. The Kier molecular flexibility index (Phi) is 5.20. The summed E-state index contributed by atoms with van der Waals surface area (Å²) in [4.78, 5) is 24.9. The van der Waals surface area contributed by atoms with E-state index in [0.717, 1.165) is 30.6 Å². The van der Waals surface area contributed by atoms with Crippen LogP contribution in [-0.2, 0) is 24.9 Å². The van der Waals surface area contributed by atoms with Crippen molar-refractivity contribution in [2.24, 2.45) is 12.8 Å². The van der Waals surface area contributed by atoms with Gasteiger partial charge in [-0.25, -0.2) is 0 Å². The molecule has 1 aromatic carbocycles. The van der Waals surface area contributed by atoms with E-state index in [0.29, 0.717) is 36.6 Å². The largest absolute Gasteiger partial charge is 0.467 e. The zero-order chi connectivity index (χ0) is 20.5. The van der Waals surface area contributed by atoms with Gasteiger partial charge < -0.3 is 15.2 Å². The van der Waals surface area contributed by atoms with Gasteiger partial charge in [0.25, 0.3) is 11.6 Å². The molecule has 2 aromatic rings. The third kappa shape index (κ3) is 3.94. The van der Waals surface area contributed by atoms with Crippen LogP contribution in [-0.4, -0.2) is 45.4 Å². The van der Waals surface area contributed by atoms with Gasteiger partial charge in [-0.3, -0.25) is 24.5 Å². The normalized spacial score (nSPS) is 19.4. The molecule has 154 valence electrons. The van der Waals surface area contributed by atoms with Crippen LogP contribution in [0.4, 0.5) is 5.69 Å². The summed E-state index contributed by atoms with van der Waals surface area (Å²) >= 11 is 0. The van der Waals surface area contributed by atoms with Crippen LogP contribution in [0.1, 0.15) is 45.9 Å². The summed E-state index contributed by atoms with van der Waals surface area (Å²) in [6.07, 6.45) is 3.49. The number of benzene rings is 1. The number of nitrogens with zero attached hydrogens (tertiary/aromatic N) is 4. The summed E-state index contributed by atoms with van der Waals surface area (Å²) in [6, 6.07) is 3.08. The predicted octanol–water partition coefficient (Wildman–Crippen LogP) is 1.67. The second kappa shape index (κ2) is 7.80. The van der Waals surface area contributed by atoms with Gasteiger partial charge >= 0.3 is 0 Å². The number of aromatic nitrogens is 2. The average Bonchev–Trinajstić information content (AvgIpc) is 3.10. The lowest BCUT2D eigenvalue weighted by molar-refractivity contribution is -0.385. The fourth-order valence-corrected chi connectivity index (χ4v) is 4.16. The number of carbonyl (C=O) groups excluding carboxylic acids is 1. The summed E-state index contributed by atoms with van der Waals surface area (Å²) in [5.41, 5.74) is 8.18. The number of fused-ring (bicyclic) bond motifs is 1. The van der Waals surface area contributed by atoms with Gasteiger partial charge in [-0.15, -0.1) is 0 Å². The lowest BCUT2D eigenvalue weighted by Gasteiger charge is -2.33. The molecule has 0 radical (unpaired) electrons. The number of amides is 1. The van der Waals surface area contributed by atoms with E-state index < -0.39 is 10.8 Å². The van der Waals surface area contributed by atoms with Crippen molar-refractivity contribution in [3.63, 3.8) is 0 Å². The minimum atomic E-state index is -0.480. The highest BCUT2D eigenvalue weighted by molar-refractivity contribution is 5.93. The molecule has 1 fully saturated rings. The number of primary amides is 1. The lowest BCUT2D eigenvalue weighted by atomic mass is 9.92. The van der Waals surface area contributed by atoms with E-state index in [1.807, 2.05) is 0 Å². The zero-order valence-electron chi connectivity index (χ0n) is 16.2. The van der Waals surface area contributed by atoms with E-state index in [2.05, 4.69) is 10.00 Å². The molecule has 2 N–H and O–H groups in total. The number of rotatable bonds is 5. The topological polar surface area (TPSA) is 126 Å². The Balaban J connectivity index is 1.58. The number of ether oxygens (including phenoxy) is 2. The van der Waals surface area contributed by atoms with Crippen LogP contribution in [0, 0.1) is 10.1 Å². The van der Waals surface area contributed by atoms with Gasteiger partial charge in [-0.1, -0.05) is 0 Å². The Bertz CT molecular complexity index is 957. The summed E-state index contributed by atoms with van der Waals surface area (Å²) in [5, 5.41) is 15.8. The van der Waals surface area contributed by atoms with Crippen molar-refractivity contribution in [1.29, 1.82) is 0 Å². The van der Waals surface area contributed by atoms with E-state index in [-0.39, 0.29) is 18.4 Å². The highest BCUT2D eigenvalue weighted by Gasteiger charge is 2.29. The van der Waals surface area contributed by atoms with Gasteiger partial charge in [-0.05, 0) is 19.4 Å². The molecule has 10 nitrogen and oxygen atoms in total. The van der Waals surface area contributed by atoms with Crippen LogP contribution in [0.15, 0.2) is 18.3 Å². The molecule has 29 heavy (non-hydrogen) atoms. The summed E-state index contributed by atoms with van der Waals surface area (Å²) in [5.74, 6) is 0.261. The molecule has 4 rings (SSSR count). The smallest absolute Gasteiger partial charge is 0.270 e. The van der Waals surface area contributed by atoms with Crippen molar-refractivity contribution in [2.45, 2.75) is 31.9 Å². The monoisotopic (exact) mass is 401 g/mol. The number of aryl methyl sites for hydroxylation is 1. The maximum atomic E-state index is 11.8. The molecular formula is C19H23N5O5. The molecule has 1 saturated heterocycles. The predicted molar refractivity (Wildman–Crippen MR) is 102 cm³/mol. The molecule has 2 aliphatic heterocycles. The standard InChI is InChI=1S/C19H23N5O5/c1-22-9-16(19(20)25)17(21-22)12-3-2-4-23(7-12)8-13-5-15(24(26)27)6-14-10-28-11-29-18(13)14/h5-6,9,12H,2-4,7-8,10-11H2,1H3,(H2,20,25). The zero-order valence-corrected chi connectivity index (χ0v) is 16.2. The number of nitro benzene ring substituents is 1. The van der Waals surface area contributed by atoms with Crippen molar-refractivity contribution in [2.75, 3.05) is 19.9 Å². The Morgan fingerprint density at radius 3 is 3.03 bits per heavy atom. The maximum absolute atomic E-state index is 11.8. The first kappa shape index (κ1) is 19.3. The fraction of sp³-hybridized carbons (Fsp3) is 0.474. The molecule has 10 heteroatoms. The average molecular weight is 401 g/mol. The first-order valence-corrected chi connectivity index (χ1v) is 9.49. The third-order valence-electron chi connectivity index (χ3n) is 5.39. The molecule has 2 aliphatic rings. The first-order chi connectivity index (χ1) is 13.9. The lowest BCUT2D eigenvalue weighted by Crippen LogP contribution is -2.35. The quantitative estimate of drug-likeness (QED) is 0.596. The Morgan fingerprint density at radius 1 is 1.45 bits per heavy atom. The van der Waals surface area contributed by atoms with Gasteiger partial charge in [0.15, 0.2) is 6.79 Å².